The standard InChI is InChI=1S/C12H18N2O2/c1-4-14(3)11-8-6-10(7-9-11)12(15)13-16-5-2/h6-9H,4-5H2,1-3H3,(H,13,15). The number of benzene rings is 1. The summed E-state index contributed by atoms with van der Waals surface area (Å²) in [6, 6.07) is 7.42. The van der Waals surface area contributed by atoms with Gasteiger partial charge < -0.3 is 4.90 Å². The molecule has 0 unspecified atom stereocenters. The van der Waals surface area contributed by atoms with Crippen LogP contribution in [0.1, 0.15) is 24.2 Å². The molecule has 0 bridgehead atoms. The molecule has 1 rings (SSSR count). The minimum atomic E-state index is -0.215. The summed E-state index contributed by atoms with van der Waals surface area (Å²) in [5.74, 6) is -0.215. The fraction of sp³-hybridized carbons (Fsp3) is 0.417. The first-order chi connectivity index (χ1) is 7.69. The molecule has 16 heavy (non-hydrogen) atoms. The summed E-state index contributed by atoms with van der Waals surface area (Å²) in [5, 5.41) is 0. The Bertz CT molecular complexity index is 335. The summed E-state index contributed by atoms with van der Waals surface area (Å²) >= 11 is 0. The Hall–Kier alpha value is -1.55. The zero-order chi connectivity index (χ0) is 12.0. The molecular formula is C12H18N2O2. The van der Waals surface area contributed by atoms with Gasteiger partial charge in [0, 0.05) is 24.8 Å². The minimum Gasteiger partial charge on any atom is -0.375 e. The first kappa shape index (κ1) is 12.5. The highest BCUT2D eigenvalue weighted by Gasteiger charge is 2.05. The lowest BCUT2D eigenvalue weighted by Crippen LogP contribution is -2.23. The largest absolute Gasteiger partial charge is 0.375 e. The van der Waals surface area contributed by atoms with Crippen molar-refractivity contribution in [2.75, 3.05) is 25.1 Å². The smallest absolute Gasteiger partial charge is 0.274 e. The highest BCUT2D eigenvalue weighted by Crippen LogP contribution is 2.13. The normalized spacial score (nSPS) is 9.94. The second-order valence-electron chi connectivity index (χ2n) is 3.43. The molecule has 4 nitrogen and oxygen atoms in total. The van der Waals surface area contributed by atoms with Crippen LogP contribution in [0.25, 0.3) is 0 Å². The third-order valence-corrected chi connectivity index (χ3v) is 2.35. The van der Waals surface area contributed by atoms with Crippen molar-refractivity contribution in [3.05, 3.63) is 29.8 Å². The fourth-order valence-corrected chi connectivity index (χ4v) is 1.25. The van der Waals surface area contributed by atoms with Gasteiger partial charge in [-0.3, -0.25) is 9.63 Å². The maximum Gasteiger partial charge on any atom is 0.274 e. The molecule has 0 spiro atoms. The van der Waals surface area contributed by atoms with Gasteiger partial charge in [-0.1, -0.05) is 0 Å². The van der Waals surface area contributed by atoms with Gasteiger partial charge in [0.25, 0.3) is 5.91 Å². The molecule has 1 N–H and O–H groups in total. The summed E-state index contributed by atoms with van der Waals surface area (Å²) in [6.07, 6.45) is 0. The highest BCUT2D eigenvalue weighted by molar-refractivity contribution is 5.93. The molecule has 0 aliphatic rings. The van der Waals surface area contributed by atoms with Gasteiger partial charge in [-0.15, -0.1) is 0 Å². The van der Waals surface area contributed by atoms with E-state index in [-0.39, 0.29) is 5.91 Å². The Labute approximate surface area is 96.2 Å². The molecule has 0 aliphatic carbocycles. The van der Waals surface area contributed by atoms with E-state index in [4.69, 9.17) is 4.84 Å². The molecule has 0 atom stereocenters. The van der Waals surface area contributed by atoms with E-state index in [1.54, 1.807) is 12.1 Å². The molecule has 0 fully saturated rings. The van der Waals surface area contributed by atoms with Crippen LogP contribution >= 0.6 is 0 Å². The molecule has 1 amide bonds. The predicted molar refractivity (Wildman–Crippen MR) is 64.5 cm³/mol. The fourth-order valence-electron chi connectivity index (χ4n) is 1.25. The molecule has 0 saturated heterocycles. The second kappa shape index (κ2) is 6.12. The van der Waals surface area contributed by atoms with Gasteiger partial charge >= 0.3 is 0 Å². The number of nitrogens with one attached hydrogen (secondary N) is 1. The number of rotatable bonds is 5. The Morgan fingerprint density at radius 3 is 2.44 bits per heavy atom. The molecule has 1 aromatic rings. The van der Waals surface area contributed by atoms with Gasteiger partial charge in [0.15, 0.2) is 0 Å². The molecule has 0 aliphatic heterocycles. The number of hydrogen-bond acceptors (Lipinski definition) is 3. The third kappa shape index (κ3) is 3.24. The van der Waals surface area contributed by atoms with Gasteiger partial charge in [-0.25, -0.2) is 5.48 Å². The Balaban J connectivity index is 2.67. The second-order valence-corrected chi connectivity index (χ2v) is 3.43. The van der Waals surface area contributed by atoms with Gasteiger partial charge in [0.05, 0.1) is 6.61 Å². The molecule has 0 heterocycles. The van der Waals surface area contributed by atoms with Gasteiger partial charge in [0.1, 0.15) is 0 Å². The molecule has 0 aromatic heterocycles. The first-order valence-electron chi connectivity index (χ1n) is 5.42. The molecule has 0 radical (unpaired) electrons. The highest BCUT2D eigenvalue weighted by atomic mass is 16.6. The van der Waals surface area contributed by atoms with Crippen molar-refractivity contribution < 1.29 is 9.63 Å². The van der Waals surface area contributed by atoms with Crippen molar-refractivity contribution in [3.63, 3.8) is 0 Å². The Morgan fingerprint density at radius 2 is 1.94 bits per heavy atom. The lowest BCUT2D eigenvalue weighted by molar-refractivity contribution is 0.0364. The summed E-state index contributed by atoms with van der Waals surface area (Å²) in [7, 11) is 2.01. The quantitative estimate of drug-likeness (QED) is 0.773. The summed E-state index contributed by atoms with van der Waals surface area (Å²) in [6.45, 7) is 5.29. The van der Waals surface area contributed by atoms with Gasteiger partial charge in [0.2, 0.25) is 0 Å². The number of carbonyl (C=O) groups is 1. The Morgan fingerprint density at radius 1 is 1.31 bits per heavy atom. The van der Waals surface area contributed by atoms with Crippen LogP contribution in [0, 0.1) is 0 Å². The van der Waals surface area contributed by atoms with Crippen molar-refractivity contribution in [3.8, 4) is 0 Å². The molecule has 1 aromatic carbocycles. The number of hydroxylamine groups is 1. The maximum absolute atomic E-state index is 11.5. The molecular weight excluding hydrogens is 204 g/mol. The SMILES string of the molecule is CCONC(=O)c1ccc(N(C)CC)cc1. The van der Waals surface area contributed by atoms with Crippen molar-refractivity contribution >= 4 is 11.6 Å². The summed E-state index contributed by atoms with van der Waals surface area (Å²) in [5.41, 5.74) is 4.05. The average Bonchev–Trinajstić information content (AvgIpc) is 2.35. The van der Waals surface area contributed by atoms with Crippen LogP contribution in [0.15, 0.2) is 24.3 Å². The van der Waals surface area contributed by atoms with Crippen LogP contribution in [-0.2, 0) is 4.84 Å². The first-order valence-corrected chi connectivity index (χ1v) is 5.42. The van der Waals surface area contributed by atoms with Crippen LogP contribution in [0.3, 0.4) is 0 Å². The lowest BCUT2D eigenvalue weighted by Gasteiger charge is -2.16. The van der Waals surface area contributed by atoms with E-state index >= 15 is 0 Å². The average molecular weight is 222 g/mol. The van der Waals surface area contributed by atoms with E-state index in [0.29, 0.717) is 12.2 Å². The zero-order valence-electron chi connectivity index (χ0n) is 9.99. The zero-order valence-corrected chi connectivity index (χ0v) is 9.99. The molecule has 4 heteroatoms. The Kier molecular flexibility index (Phi) is 4.79. The topological polar surface area (TPSA) is 41.6 Å². The van der Waals surface area contributed by atoms with Crippen LogP contribution in [0.4, 0.5) is 5.69 Å². The van der Waals surface area contributed by atoms with Crippen molar-refractivity contribution in [1.82, 2.24) is 5.48 Å². The van der Waals surface area contributed by atoms with Crippen LogP contribution < -0.4 is 10.4 Å². The predicted octanol–water partition coefficient (Wildman–Crippen LogP) is 1.82. The minimum absolute atomic E-state index is 0.215. The summed E-state index contributed by atoms with van der Waals surface area (Å²) in [4.78, 5) is 18.4. The van der Waals surface area contributed by atoms with Crippen molar-refractivity contribution in [2.45, 2.75) is 13.8 Å². The van der Waals surface area contributed by atoms with E-state index in [1.807, 2.05) is 26.1 Å². The van der Waals surface area contributed by atoms with Crippen LogP contribution in [0.2, 0.25) is 0 Å². The number of hydrogen-bond donors (Lipinski definition) is 1. The molecule has 88 valence electrons. The lowest BCUT2D eigenvalue weighted by atomic mass is 10.2. The van der Waals surface area contributed by atoms with Crippen LogP contribution in [-0.4, -0.2) is 26.1 Å². The van der Waals surface area contributed by atoms with Gasteiger partial charge in [-0.05, 0) is 38.1 Å². The van der Waals surface area contributed by atoms with Crippen molar-refractivity contribution in [2.24, 2.45) is 0 Å². The number of nitrogens with zero attached hydrogens (tertiary/aromatic N) is 1. The van der Waals surface area contributed by atoms with E-state index in [1.165, 1.54) is 0 Å². The summed E-state index contributed by atoms with van der Waals surface area (Å²) < 4.78 is 0. The monoisotopic (exact) mass is 222 g/mol. The van der Waals surface area contributed by atoms with E-state index < -0.39 is 0 Å². The van der Waals surface area contributed by atoms with Crippen molar-refractivity contribution in [1.29, 1.82) is 0 Å². The molecule has 0 saturated carbocycles. The number of anilines is 1. The van der Waals surface area contributed by atoms with E-state index in [2.05, 4.69) is 17.3 Å². The number of carbonyl (C=O) groups excluding carboxylic acids is 1. The van der Waals surface area contributed by atoms with E-state index in [9.17, 15) is 4.79 Å². The third-order valence-electron chi connectivity index (χ3n) is 2.35. The van der Waals surface area contributed by atoms with E-state index in [0.717, 1.165) is 12.2 Å². The van der Waals surface area contributed by atoms with Gasteiger partial charge in [-0.2, -0.15) is 0 Å². The van der Waals surface area contributed by atoms with Crippen LogP contribution in [0.5, 0.6) is 0 Å². The maximum atomic E-state index is 11.5. The number of amides is 1.